The van der Waals surface area contributed by atoms with Gasteiger partial charge in [-0.1, -0.05) is 47.7 Å². The number of hydrogen-bond acceptors (Lipinski definition) is 3. The zero-order valence-corrected chi connectivity index (χ0v) is 15.8. The third-order valence-corrected chi connectivity index (χ3v) is 5.71. The van der Waals surface area contributed by atoms with Crippen LogP contribution in [0.1, 0.15) is 23.7 Å². The number of hydrogen-bond donors (Lipinski definition) is 0. The highest BCUT2D eigenvalue weighted by atomic mass is 35.5. The molecule has 0 N–H and O–H groups in total. The molecular formula is C21H22ClFN4. The van der Waals surface area contributed by atoms with Crippen molar-refractivity contribution in [2.75, 3.05) is 13.1 Å². The van der Waals surface area contributed by atoms with Crippen LogP contribution in [-0.4, -0.2) is 33.0 Å². The summed E-state index contributed by atoms with van der Waals surface area (Å²) in [5.41, 5.74) is 4.60. The molecule has 0 saturated carbocycles. The van der Waals surface area contributed by atoms with Gasteiger partial charge in [-0.05, 0) is 36.5 Å². The number of aromatic nitrogens is 3. The Morgan fingerprint density at radius 2 is 1.78 bits per heavy atom. The maximum Gasteiger partial charge on any atom is 0.123 e. The zero-order chi connectivity index (χ0) is 17.5. The summed E-state index contributed by atoms with van der Waals surface area (Å²) in [6.07, 6.45) is 2.21. The van der Waals surface area contributed by atoms with Crippen molar-refractivity contribution >= 4 is 12.4 Å². The van der Waals surface area contributed by atoms with Crippen molar-refractivity contribution < 1.29 is 4.39 Å². The minimum absolute atomic E-state index is 0. The van der Waals surface area contributed by atoms with Crippen LogP contribution in [0.3, 0.4) is 0 Å². The summed E-state index contributed by atoms with van der Waals surface area (Å²) in [5.74, 6) is 0.442. The summed E-state index contributed by atoms with van der Waals surface area (Å²) >= 11 is 0. The molecule has 2 atom stereocenters. The van der Waals surface area contributed by atoms with Crippen LogP contribution in [0.2, 0.25) is 0 Å². The fourth-order valence-electron chi connectivity index (χ4n) is 4.43. The number of benzene rings is 2. The van der Waals surface area contributed by atoms with Gasteiger partial charge in [-0.25, -0.2) is 9.07 Å². The lowest BCUT2D eigenvalue weighted by atomic mass is 9.91. The second kappa shape index (κ2) is 7.41. The predicted molar refractivity (Wildman–Crippen MR) is 105 cm³/mol. The average molecular weight is 385 g/mol. The second-order valence-electron chi connectivity index (χ2n) is 7.38. The minimum atomic E-state index is -0.176. The van der Waals surface area contributed by atoms with Gasteiger partial charge in [-0.3, -0.25) is 4.90 Å². The van der Waals surface area contributed by atoms with Gasteiger partial charge in [0.2, 0.25) is 0 Å². The molecule has 5 rings (SSSR count). The van der Waals surface area contributed by atoms with Crippen LogP contribution in [0.4, 0.5) is 4.39 Å². The van der Waals surface area contributed by atoms with E-state index < -0.39 is 0 Å². The van der Waals surface area contributed by atoms with Crippen molar-refractivity contribution in [3.63, 3.8) is 0 Å². The third-order valence-electron chi connectivity index (χ3n) is 5.71. The number of rotatable bonds is 3. The number of likely N-dealkylation sites (tertiary alicyclic amines) is 1. The lowest BCUT2D eigenvalue weighted by Crippen LogP contribution is -2.26. The maximum atomic E-state index is 13.1. The Morgan fingerprint density at radius 3 is 2.56 bits per heavy atom. The molecule has 140 valence electrons. The molecule has 0 aliphatic carbocycles. The molecule has 4 nitrogen and oxygen atoms in total. The Labute approximate surface area is 164 Å². The first-order valence-electron chi connectivity index (χ1n) is 9.24. The first-order chi connectivity index (χ1) is 12.8. The highest BCUT2D eigenvalue weighted by Crippen LogP contribution is 2.39. The summed E-state index contributed by atoms with van der Waals surface area (Å²) in [7, 11) is 0. The number of halogens is 2. The van der Waals surface area contributed by atoms with Gasteiger partial charge in [0.25, 0.3) is 0 Å². The van der Waals surface area contributed by atoms with Gasteiger partial charge in [0, 0.05) is 25.2 Å². The molecule has 0 bridgehead atoms. The first-order valence-corrected chi connectivity index (χ1v) is 9.24. The van der Waals surface area contributed by atoms with E-state index in [1.807, 2.05) is 30.3 Å². The maximum absolute atomic E-state index is 13.1. The minimum Gasteiger partial charge on any atom is -0.297 e. The van der Waals surface area contributed by atoms with E-state index in [1.165, 1.54) is 12.1 Å². The van der Waals surface area contributed by atoms with Crippen molar-refractivity contribution in [1.82, 2.24) is 19.9 Å². The van der Waals surface area contributed by atoms with Gasteiger partial charge in [-0.15, -0.1) is 17.5 Å². The van der Waals surface area contributed by atoms with Crippen LogP contribution in [0.5, 0.6) is 0 Å². The SMILES string of the molecule is Cl.Fc1ccc(CN2C[C@@H]3CCc4c(-c5ccccc5)nnn4[C@H]3C2)cc1. The van der Waals surface area contributed by atoms with Crippen LogP contribution in [0.15, 0.2) is 54.6 Å². The quantitative estimate of drug-likeness (QED) is 0.681. The highest BCUT2D eigenvalue weighted by Gasteiger charge is 2.39. The summed E-state index contributed by atoms with van der Waals surface area (Å²) in [6.45, 7) is 2.91. The predicted octanol–water partition coefficient (Wildman–Crippen LogP) is 4.13. The van der Waals surface area contributed by atoms with E-state index in [-0.39, 0.29) is 18.2 Å². The van der Waals surface area contributed by atoms with E-state index in [2.05, 4.69) is 32.0 Å². The molecule has 1 saturated heterocycles. The zero-order valence-electron chi connectivity index (χ0n) is 15.0. The molecule has 1 fully saturated rings. The third kappa shape index (κ3) is 3.37. The summed E-state index contributed by atoms with van der Waals surface area (Å²) in [4.78, 5) is 2.46. The lowest BCUT2D eigenvalue weighted by molar-refractivity contribution is 0.306. The summed E-state index contributed by atoms with van der Waals surface area (Å²) in [5, 5.41) is 9.02. The van der Waals surface area contributed by atoms with Crippen molar-refractivity contribution in [3.05, 3.63) is 71.7 Å². The first kappa shape index (κ1) is 18.1. The summed E-state index contributed by atoms with van der Waals surface area (Å²) in [6, 6.07) is 17.6. The highest BCUT2D eigenvalue weighted by molar-refractivity contribution is 5.85. The van der Waals surface area contributed by atoms with E-state index >= 15 is 0 Å². The molecule has 2 aliphatic rings. The van der Waals surface area contributed by atoms with Crippen LogP contribution in [0, 0.1) is 11.7 Å². The largest absolute Gasteiger partial charge is 0.297 e. The monoisotopic (exact) mass is 384 g/mol. The van der Waals surface area contributed by atoms with Crippen molar-refractivity contribution in [3.8, 4) is 11.3 Å². The molecule has 2 aliphatic heterocycles. The Kier molecular flexibility index (Phi) is 4.98. The molecule has 2 aromatic carbocycles. The molecule has 3 heterocycles. The lowest BCUT2D eigenvalue weighted by Gasteiger charge is -2.25. The van der Waals surface area contributed by atoms with Crippen LogP contribution >= 0.6 is 12.4 Å². The van der Waals surface area contributed by atoms with Gasteiger partial charge in [0.05, 0.1) is 11.7 Å². The fourth-order valence-corrected chi connectivity index (χ4v) is 4.43. The Hall–Kier alpha value is -2.24. The van der Waals surface area contributed by atoms with Gasteiger partial charge in [-0.2, -0.15) is 0 Å². The van der Waals surface area contributed by atoms with Crippen molar-refractivity contribution in [2.24, 2.45) is 5.92 Å². The van der Waals surface area contributed by atoms with Crippen LogP contribution < -0.4 is 0 Å². The number of nitrogens with zero attached hydrogens (tertiary/aromatic N) is 4. The molecule has 3 aromatic rings. The van der Waals surface area contributed by atoms with Crippen molar-refractivity contribution in [1.29, 1.82) is 0 Å². The average Bonchev–Trinajstić information content (AvgIpc) is 3.27. The van der Waals surface area contributed by atoms with E-state index in [0.717, 1.165) is 42.9 Å². The van der Waals surface area contributed by atoms with Crippen LogP contribution in [0.25, 0.3) is 11.3 Å². The molecule has 0 amide bonds. The van der Waals surface area contributed by atoms with Gasteiger partial charge in [0.15, 0.2) is 0 Å². The van der Waals surface area contributed by atoms with Crippen LogP contribution in [-0.2, 0) is 13.0 Å². The van der Waals surface area contributed by atoms with Gasteiger partial charge in [0.1, 0.15) is 11.5 Å². The number of fused-ring (bicyclic) bond motifs is 3. The Balaban J connectivity index is 0.00000180. The molecule has 1 aromatic heterocycles. The normalized spacial score (nSPS) is 21.4. The second-order valence-corrected chi connectivity index (χ2v) is 7.38. The molecule has 27 heavy (non-hydrogen) atoms. The van der Waals surface area contributed by atoms with Crippen molar-refractivity contribution in [2.45, 2.75) is 25.4 Å². The van der Waals surface area contributed by atoms with E-state index in [9.17, 15) is 4.39 Å². The van der Waals surface area contributed by atoms with E-state index in [1.54, 1.807) is 12.1 Å². The standard InChI is InChI=1S/C21H21FN4.ClH/c22-18-9-6-15(7-10-18)12-25-13-17-8-11-19-21(16-4-2-1-3-5-16)23-24-26(19)20(17)14-25;/h1-7,9-10,17,20H,8,11-14H2;1H/t17-,20-;/m0./s1. The van der Waals surface area contributed by atoms with Gasteiger partial charge >= 0.3 is 0 Å². The molecular weight excluding hydrogens is 363 g/mol. The fraction of sp³-hybridized carbons (Fsp3) is 0.333. The Morgan fingerprint density at radius 1 is 1.00 bits per heavy atom. The molecule has 0 radical (unpaired) electrons. The molecule has 0 spiro atoms. The van der Waals surface area contributed by atoms with E-state index in [4.69, 9.17) is 0 Å². The molecule has 0 unspecified atom stereocenters. The molecule has 6 heteroatoms. The summed E-state index contributed by atoms with van der Waals surface area (Å²) < 4.78 is 15.3. The smallest absolute Gasteiger partial charge is 0.123 e. The topological polar surface area (TPSA) is 34.0 Å². The Bertz CT molecular complexity index is 910. The van der Waals surface area contributed by atoms with Gasteiger partial charge < -0.3 is 0 Å². The van der Waals surface area contributed by atoms with E-state index in [0.29, 0.717) is 12.0 Å².